The van der Waals surface area contributed by atoms with Gasteiger partial charge in [-0.2, -0.15) is 0 Å². The smallest absolute Gasteiger partial charge is 0.335 e. The molecule has 2 atom stereocenters. The molecular formula is C12H12O4. The van der Waals surface area contributed by atoms with Gasteiger partial charge in [-0.25, -0.2) is 4.79 Å². The SMILES string of the molecule is C=C(C)[C@@H]1Oc2ccc(C(=O)O)cc2[C@H]1O. The van der Waals surface area contributed by atoms with Crippen LogP contribution in [0.5, 0.6) is 5.75 Å². The van der Waals surface area contributed by atoms with E-state index in [4.69, 9.17) is 9.84 Å². The third kappa shape index (κ3) is 1.57. The van der Waals surface area contributed by atoms with Gasteiger partial charge in [0, 0.05) is 5.56 Å². The third-order valence-electron chi connectivity index (χ3n) is 2.60. The summed E-state index contributed by atoms with van der Waals surface area (Å²) in [6, 6.07) is 4.45. The summed E-state index contributed by atoms with van der Waals surface area (Å²) in [4.78, 5) is 10.8. The fourth-order valence-electron chi connectivity index (χ4n) is 1.75. The molecule has 0 saturated carbocycles. The summed E-state index contributed by atoms with van der Waals surface area (Å²) in [5.41, 5.74) is 1.36. The number of benzene rings is 1. The molecule has 0 amide bonds. The number of fused-ring (bicyclic) bond motifs is 1. The van der Waals surface area contributed by atoms with Gasteiger partial charge >= 0.3 is 5.97 Å². The molecule has 0 saturated heterocycles. The Bertz CT molecular complexity index is 464. The van der Waals surface area contributed by atoms with Gasteiger partial charge in [-0.1, -0.05) is 6.58 Å². The Hall–Kier alpha value is -1.81. The normalized spacial score (nSPS) is 22.4. The molecule has 4 heteroatoms. The van der Waals surface area contributed by atoms with Crippen LogP contribution in [0, 0.1) is 0 Å². The lowest BCUT2D eigenvalue weighted by Crippen LogP contribution is -2.19. The first-order valence-electron chi connectivity index (χ1n) is 4.88. The lowest BCUT2D eigenvalue weighted by Gasteiger charge is -2.13. The summed E-state index contributed by atoms with van der Waals surface area (Å²) in [5, 5.41) is 18.8. The van der Waals surface area contributed by atoms with Gasteiger partial charge < -0.3 is 14.9 Å². The van der Waals surface area contributed by atoms with E-state index in [0.717, 1.165) is 0 Å². The lowest BCUT2D eigenvalue weighted by atomic mass is 10.0. The molecule has 84 valence electrons. The molecule has 0 aromatic heterocycles. The minimum Gasteiger partial charge on any atom is -0.483 e. The maximum atomic E-state index is 10.8. The van der Waals surface area contributed by atoms with E-state index in [1.807, 2.05) is 0 Å². The van der Waals surface area contributed by atoms with Crippen molar-refractivity contribution in [2.45, 2.75) is 19.1 Å². The molecule has 0 radical (unpaired) electrons. The highest BCUT2D eigenvalue weighted by Crippen LogP contribution is 2.39. The summed E-state index contributed by atoms with van der Waals surface area (Å²) in [7, 11) is 0. The Morgan fingerprint density at radius 1 is 1.50 bits per heavy atom. The van der Waals surface area contributed by atoms with Gasteiger partial charge in [0.15, 0.2) is 0 Å². The highest BCUT2D eigenvalue weighted by atomic mass is 16.5. The van der Waals surface area contributed by atoms with Crippen LogP contribution in [-0.4, -0.2) is 22.3 Å². The van der Waals surface area contributed by atoms with Crippen LogP contribution in [0.25, 0.3) is 0 Å². The summed E-state index contributed by atoms with van der Waals surface area (Å²) < 4.78 is 5.47. The standard InChI is InChI=1S/C12H12O4/c1-6(2)11-10(13)8-5-7(12(14)15)3-4-9(8)16-11/h3-5,10-11,13H,1H2,2H3,(H,14,15)/t10-,11+/m1/s1. The second-order valence-electron chi connectivity index (χ2n) is 3.89. The van der Waals surface area contributed by atoms with Gasteiger partial charge in [0.1, 0.15) is 18.0 Å². The van der Waals surface area contributed by atoms with Gasteiger partial charge in [0.05, 0.1) is 5.56 Å². The van der Waals surface area contributed by atoms with Gasteiger partial charge in [0.2, 0.25) is 0 Å². The van der Waals surface area contributed by atoms with Crippen LogP contribution >= 0.6 is 0 Å². The number of carboxylic acid groups (broad SMARTS) is 1. The summed E-state index contributed by atoms with van der Waals surface area (Å²) >= 11 is 0. The van der Waals surface area contributed by atoms with E-state index in [1.165, 1.54) is 12.1 Å². The number of aromatic carboxylic acids is 1. The van der Waals surface area contributed by atoms with Crippen LogP contribution in [0.3, 0.4) is 0 Å². The van der Waals surface area contributed by atoms with Crippen molar-refractivity contribution in [3.05, 3.63) is 41.5 Å². The molecule has 0 fully saturated rings. The third-order valence-corrected chi connectivity index (χ3v) is 2.60. The largest absolute Gasteiger partial charge is 0.483 e. The minimum atomic E-state index is -1.02. The molecule has 1 aromatic carbocycles. The predicted octanol–water partition coefficient (Wildman–Crippen LogP) is 1.76. The van der Waals surface area contributed by atoms with E-state index >= 15 is 0 Å². The fourth-order valence-corrected chi connectivity index (χ4v) is 1.75. The second kappa shape index (κ2) is 3.64. The van der Waals surface area contributed by atoms with E-state index in [2.05, 4.69) is 6.58 Å². The molecule has 1 heterocycles. The number of carbonyl (C=O) groups is 1. The van der Waals surface area contributed by atoms with Crippen molar-refractivity contribution in [2.24, 2.45) is 0 Å². The number of ether oxygens (including phenoxy) is 1. The van der Waals surface area contributed by atoms with Crippen LogP contribution in [0.15, 0.2) is 30.4 Å². The van der Waals surface area contributed by atoms with Crippen molar-refractivity contribution in [1.82, 2.24) is 0 Å². The summed E-state index contributed by atoms with van der Waals surface area (Å²) in [6.07, 6.45) is -1.33. The molecule has 0 bridgehead atoms. The molecule has 2 N–H and O–H groups in total. The average molecular weight is 220 g/mol. The zero-order valence-corrected chi connectivity index (χ0v) is 8.80. The average Bonchev–Trinajstić information content (AvgIpc) is 2.56. The number of hydrogen-bond donors (Lipinski definition) is 2. The zero-order chi connectivity index (χ0) is 11.9. The van der Waals surface area contributed by atoms with Gasteiger partial charge in [-0.3, -0.25) is 0 Å². The van der Waals surface area contributed by atoms with E-state index < -0.39 is 18.2 Å². The summed E-state index contributed by atoms with van der Waals surface area (Å²) in [5.74, 6) is -0.501. The first-order chi connectivity index (χ1) is 7.50. The fraction of sp³-hybridized carbons (Fsp3) is 0.250. The van der Waals surface area contributed by atoms with Gasteiger partial charge in [-0.05, 0) is 30.7 Å². The zero-order valence-electron chi connectivity index (χ0n) is 8.80. The summed E-state index contributed by atoms with van der Waals surface area (Å²) in [6.45, 7) is 5.49. The number of aliphatic hydroxyl groups is 1. The van der Waals surface area contributed by atoms with E-state index in [1.54, 1.807) is 13.0 Å². The topological polar surface area (TPSA) is 66.8 Å². The molecule has 0 unspecified atom stereocenters. The molecule has 4 nitrogen and oxygen atoms in total. The maximum Gasteiger partial charge on any atom is 0.335 e. The molecular weight excluding hydrogens is 208 g/mol. The minimum absolute atomic E-state index is 0.142. The first kappa shape index (κ1) is 10.7. The van der Waals surface area contributed by atoms with E-state index in [9.17, 15) is 9.90 Å². The Morgan fingerprint density at radius 2 is 2.19 bits per heavy atom. The predicted molar refractivity (Wildman–Crippen MR) is 57.6 cm³/mol. The van der Waals surface area contributed by atoms with E-state index in [-0.39, 0.29) is 5.56 Å². The molecule has 2 rings (SSSR count). The highest BCUT2D eigenvalue weighted by molar-refractivity contribution is 5.88. The molecule has 1 aliphatic heterocycles. The Balaban J connectivity index is 2.41. The van der Waals surface area contributed by atoms with Crippen molar-refractivity contribution in [3.8, 4) is 5.75 Å². The first-order valence-corrected chi connectivity index (χ1v) is 4.88. The monoisotopic (exact) mass is 220 g/mol. The van der Waals surface area contributed by atoms with Gasteiger partial charge in [-0.15, -0.1) is 0 Å². The van der Waals surface area contributed by atoms with Crippen molar-refractivity contribution >= 4 is 5.97 Å². The van der Waals surface area contributed by atoms with Crippen molar-refractivity contribution in [1.29, 1.82) is 0 Å². The number of rotatable bonds is 2. The Morgan fingerprint density at radius 3 is 2.75 bits per heavy atom. The van der Waals surface area contributed by atoms with Crippen LogP contribution in [-0.2, 0) is 0 Å². The van der Waals surface area contributed by atoms with Crippen molar-refractivity contribution in [2.75, 3.05) is 0 Å². The Labute approximate surface area is 92.8 Å². The molecule has 1 aromatic rings. The van der Waals surface area contributed by atoms with Gasteiger partial charge in [0.25, 0.3) is 0 Å². The van der Waals surface area contributed by atoms with Crippen molar-refractivity contribution in [3.63, 3.8) is 0 Å². The van der Waals surface area contributed by atoms with Crippen LogP contribution < -0.4 is 4.74 Å². The molecule has 0 aliphatic carbocycles. The molecule has 16 heavy (non-hydrogen) atoms. The number of hydrogen-bond acceptors (Lipinski definition) is 3. The molecule has 0 spiro atoms. The van der Waals surface area contributed by atoms with Crippen LogP contribution in [0.4, 0.5) is 0 Å². The number of aliphatic hydroxyl groups excluding tert-OH is 1. The van der Waals surface area contributed by atoms with Crippen LogP contribution in [0.1, 0.15) is 28.9 Å². The lowest BCUT2D eigenvalue weighted by molar-refractivity contribution is 0.0696. The quantitative estimate of drug-likeness (QED) is 0.745. The van der Waals surface area contributed by atoms with E-state index in [0.29, 0.717) is 16.9 Å². The maximum absolute atomic E-state index is 10.8. The second-order valence-corrected chi connectivity index (χ2v) is 3.89. The highest BCUT2D eigenvalue weighted by Gasteiger charge is 2.33. The van der Waals surface area contributed by atoms with Crippen LogP contribution in [0.2, 0.25) is 0 Å². The number of carboxylic acids is 1. The Kier molecular flexibility index (Phi) is 2.44. The van der Waals surface area contributed by atoms with Crippen molar-refractivity contribution < 1.29 is 19.7 Å². The molecule has 1 aliphatic rings.